The highest BCUT2D eigenvalue weighted by molar-refractivity contribution is 4.98. The standard InChI is InChI=1S/C8H15N3/c1-2-11-7-5-8(10-11)4-3-6-9/h5,7H,2-4,6,9H2,1H3. The molecule has 0 aliphatic heterocycles. The third-order valence-corrected chi connectivity index (χ3v) is 1.66. The summed E-state index contributed by atoms with van der Waals surface area (Å²) in [7, 11) is 0. The van der Waals surface area contributed by atoms with Crippen LogP contribution in [0, 0.1) is 0 Å². The summed E-state index contributed by atoms with van der Waals surface area (Å²) < 4.78 is 1.94. The predicted octanol–water partition coefficient (Wildman–Crippen LogP) is 0.794. The second-order valence-corrected chi connectivity index (χ2v) is 2.55. The lowest BCUT2D eigenvalue weighted by molar-refractivity contribution is 0.641. The summed E-state index contributed by atoms with van der Waals surface area (Å²) in [5, 5.41) is 4.33. The highest BCUT2D eigenvalue weighted by atomic mass is 15.3. The Bertz CT molecular complexity index is 205. The number of aryl methyl sites for hydroxylation is 2. The molecule has 0 amide bonds. The van der Waals surface area contributed by atoms with Crippen molar-refractivity contribution in [2.45, 2.75) is 26.3 Å². The average molecular weight is 153 g/mol. The number of hydrogen-bond donors (Lipinski definition) is 1. The Hall–Kier alpha value is -0.830. The second-order valence-electron chi connectivity index (χ2n) is 2.55. The third-order valence-electron chi connectivity index (χ3n) is 1.66. The van der Waals surface area contributed by atoms with E-state index in [0.29, 0.717) is 0 Å². The molecule has 3 nitrogen and oxygen atoms in total. The van der Waals surface area contributed by atoms with Gasteiger partial charge in [0.05, 0.1) is 5.69 Å². The van der Waals surface area contributed by atoms with Crippen LogP contribution < -0.4 is 5.73 Å². The molecule has 1 heterocycles. The van der Waals surface area contributed by atoms with Gasteiger partial charge in [0.2, 0.25) is 0 Å². The molecule has 3 heteroatoms. The topological polar surface area (TPSA) is 43.8 Å². The lowest BCUT2D eigenvalue weighted by atomic mass is 10.2. The molecule has 0 aliphatic carbocycles. The Labute approximate surface area is 67.2 Å². The summed E-state index contributed by atoms with van der Waals surface area (Å²) in [5.74, 6) is 0. The zero-order chi connectivity index (χ0) is 8.10. The quantitative estimate of drug-likeness (QED) is 0.695. The predicted molar refractivity (Wildman–Crippen MR) is 45.3 cm³/mol. The van der Waals surface area contributed by atoms with Gasteiger partial charge in [0.25, 0.3) is 0 Å². The number of rotatable bonds is 4. The first-order chi connectivity index (χ1) is 5.36. The summed E-state index contributed by atoms with van der Waals surface area (Å²) in [6, 6.07) is 2.05. The molecule has 0 fully saturated rings. The maximum atomic E-state index is 5.38. The van der Waals surface area contributed by atoms with E-state index in [4.69, 9.17) is 5.73 Å². The zero-order valence-corrected chi connectivity index (χ0v) is 6.95. The van der Waals surface area contributed by atoms with E-state index in [2.05, 4.69) is 18.1 Å². The molecule has 2 N–H and O–H groups in total. The van der Waals surface area contributed by atoms with Crippen LogP contribution in [0.4, 0.5) is 0 Å². The molecule has 0 unspecified atom stereocenters. The third kappa shape index (κ3) is 2.35. The minimum atomic E-state index is 0.749. The Morgan fingerprint density at radius 3 is 3.00 bits per heavy atom. The van der Waals surface area contributed by atoms with Crippen LogP contribution in [-0.2, 0) is 13.0 Å². The molecule has 1 rings (SSSR count). The van der Waals surface area contributed by atoms with Gasteiger partial charge in [-0.15, -0.1) is 0 Å². The molecular weight excluding hydrogens is 138 g/mol. The first-order valence-corrected chi connectivity index (χ1v) is 4.09. The molecule has 0 atom stereocenters. The van der Waals surface area contributed by atoms with Crippen LogP contribution in [0.1, 0.15) is 19.0 Å². The SMILES string of the molecule is CCn1ccc(CCCN)n1. The van der Waals surface area contributed by atoms with Gasteiger partial charge >= 0.3 is 0 Å². The molecular formula is C8H15N3. The van der Waals surface area contributed by atoms with E-state index in [0.717, 1.165) is 31.6 Å². The molecule has 0 saturated carbocycles. The molecule has 1 aromatic heterocycles. The van der Waals surface area contributed by atoms with E-state index in [1.165, 1.54) is 0 Å². The van der Waals surface area contributed by atoms with Crippen molar-refractivity contribution >= 4 is 0 Å². The van der Waals surface area contributed by atoms with Crippen molar-refractivity contribution < 1.29 is 0 Å². The van der Waals surface area contributed by atoms with E-state index in [-0.39, 0.29) is 0 Å². The maximum absolute atomic E-state index is 5.38. The summed E-state index contributed by atoms with van der Waals surface area (Å²) in [4.78, 5) is 0. The monoisotopic (exact) mass is 153 g/mol. The van der Waals surface area contributed by atoms with Gasteiger partial charge < -0.3 is 5.73 Å². The summed E-state index contributed by atoms with van der Waals surface area (Å²) in [6.07, 6.45) is 4.04. The van der Waals surface area contributed by atoms with E-state index < -0.39 is 0 Å². The van der Waals surface area contributed by atoms with E-state index in [1.54, 1.807) is 0 Å². The Morgan fingerprint density at radius 2 is 2.45 bits per heavy atom. The molecule has 0 saturated heterocycles. The number of hydrogen-bond acceptors (Lipinski definition) is 2. The van der Waals surface area contributed by atoms with Crippen LogP contribution in [-0.4, -0.2) is 16.3 Å². The Kier molecular flexibility index (Phi) is 3.11. The highest BCUT2D eigenvalue weighted by Crippen LogP contribution is 1.98. The van der Waals surface area contributed by atoms with Crippen molar-refractivity contribution in [2.24, 2.45) is 5.73 Å². The Balaban J connectivity index is 2.44. The van der Waals surface area contributed by atoms with Gasteiger partial charge in [-0.3, -0.25) is 4.68 Å². The normalized spacial score (nSPS) is 10.4. The van der Waals surface area contributed by atoms with Crippen molar-refractivity contribution in [3.05, 3.63) is 18.0 Å². The molecule has 0 spiro atoms. The molecule has 0 aromatic carbocycles. The van der Waals surface area contributed by atoms with Crippen molar-refractivity contribution in [2.75, 3.05) is 6.54 Å². The van der Waals surface area contributed by atoms with Gasteiger partial charge in [0, 0.05) is 12.7 Å². The van der Waals surface area contributed by atoms with Crippen LogP contribution in [0.3, 0.4) is 0 Å². The van der Waals surface area contributed by atoms with Crippen molar-refractivity contribution in [1.82, 2.24) is 9.78 Å². The maximum Gasteiger partial charge on any atom is 0.0625 e. The van der Waals surface area contributed by atoms with Gasteiger partial charge in [-0.2, -0.15) is 5.10 Å². The molecule has 0 radical (unpaired) electrons. The average Bonchev–Trinajstić information content (AvgIpc) is 2.48. The fourth-order valence-corrected chi connectivity index (χ4v) is 0.996. The van der Waals surface area contributed by atoms with E-state index in [9.17, 15) is 0 Å². The van der Waals surface area contributed by atoms with Crippen molar-refractivity contribution in [3.63, 3.8) is 0 Å². The lowest BCUT2D eigenvalue weighted by Gasteiger charge is -1.93. The Morgan fingerprint density at radius 1 is 1.64 bits per heavy atom. The number of nitrogens with zero attached hydrogens (tertiary/aromatic N) is 2. The molecule has 0 bridgehead atoms. The van der Waals surface area contributed by atoms with Crippen molar-refractivity contribution in [1.29, 1.82) is 0 Å². The molecule has 0 aliphatic rings. The summed E-state index contributed by atoms with van der Waals surface area (Å²) >= 11 is 0. The molecule has 1 aromatic rings. The minimum Gasteiger partial charge on any atom is -0.330 e. The summed E-state index contributed by atoms with van der Waals surface area (Å²) in [5.41, 5.74) is 6.53. The van der Waals surface area contributed by atoms with Crippen LogP contribution in [0.2, 0.25) is 0 Å². The van der Waals surface area contributed by atoms with E-state index >= 15 is 0 Å². The second kappa shape index (κ2) is 4.13. The van der Waals surface area contributed by atoms with Crippen LogP contribution >= 0.6 is 0 Å². The van der Waals surface area contributed by atoms with Gasteiger partial charge in [-0.1, -0.05) is 0 Å². The minimum absolute atomic E-state index is 0.749. The van der Waals surface area contributed by atoms with Crippen LogP contribution in [0.25, 0.3) is 0 Å². The lowest BCUT2D eigenvalue weighted by Crippen LogP contribution is -2.01. The summed E-state index contributed by atoms with van der Waals surface area (Å²) in [6.45, 7) is 3.78. The van der Waals surface area contributed by atoms with Crippen LogP contribution in [0.5, 0.6) is 0 Å². The number of aromatic nitrogens is 2. The van der Waals surface area contributed by atoms with E-state index in [1.807, 2.05) is 10.9 Å². The van der Waals surface area contributed by atoms with Gasteiger partial charge in [0.15, 0.2) is 0 Å². The first-order valence-electron chi connectivity index (χ1n) is 4.09. The van der Waals surface area contributed by atoms with Crippen molar-refractivity contribution in [3.8, 4) is 0 Å². The fourth-order valence-electron chi connectivity index (χ4n) is 0.996. The molecule has 62 valence electrons. The van der Waals surface area contributed by atoms with Gasteiger partial charge in [-0.05, 0) is 32.4 Å². The smallest absolute Gasteiger partial charge is 0.0625 e. The highest BCUT2D eigenvalue weighted by Gasteiger charge is 1.95. The van der Waals surface area contributed by atoms with Gasteiger partial charge in [-0.25, -0.2) is 0 Å². The zero-order valence-electron chi connectivity index (χ0n) is 6.95. The first kappa shape index (κ1) is 8.27. The van der Waals surface area contributed by atoms with Crippen LogP contribution in [0.15, 0.2) is 12.3 Å². The largest absolute Gasteiger partial charge is 0.330 e. The number of nitrogens with two attached hydrogens (primary N) is 1. The van der Waals surface area contributed by atoms with Gasteiger partial charge in [0.1, 0.15) is 0 Å². The fraction of sp³-hybridized carbons (Fsp3) is 0.625. The molecule has 11 heavy (non-hydrogen) atoms.